The summed E-state index contributed by atoms with van der Waals surface area (Å²) < 4.78 is 13.7. The lowest BCUT2D eigenvalue weighted by atomic mass is 9.73. The molecule has 3 saturated heterocycles. The molecule has 1 amide bonds. The minimum atomic E-state index is -0.374. The van der Waals surface area contributed by atoms with E-state index in [2.05, 4.69) is 52.7 Å². The summed E-state index contributed by atoms with van der Waals surface area (Å²) in [6.45, 7) is 11.5. The fourth-order valence-electron chi connectivity index (χ4n) is 6.77. The molecule has 7 rings (SSSR count). The molecule has 0 unspecified atom stereocenters. The lowest BCUT2D eigenvalue weighted by Gasteiger charge is -2.46. The number of nitrogens with one attached hydrogen (secondary N) is 1. The van der Waals surface area contributed by atoms with Gasteiger partial charge in [-0.15, -0.1) is 0 Å². The standard InChI is InChI=1S/C30H39N9O3/c1-19-17-41-28(40)38(19)24-7-6-8-25(34-24)39-23-13-29(2,3)42-18-30(23,4)22-15-31-27(35-26(22)39)33-20-14-32-37(16-20)21-9-11-36(5)12-10-21/h6-8,14-16,19,21,23H,9-13,17-18H2,1-5H3,(H,31,33,35)/t19-,23-,30-/m0/s1. The molecule has 3 aromatic rings. The van der Waals surface area contributed by atoms with Gasteiger partial charge in [0.15, 0.2) is 0 Å². The van der Waals surface area contributed by atoms with Crippen molar-refractivity contribution in [2.75, 3.05) is 48.5 Å². The van der Waals surface area contributed by atoms with Crippen LogP contribution in [0.1, 0.15) is 58.6 Å². The number of piperidine rings is 1. The molecular weight excluding hydrogens is 534 g/mol. The fraction of sp³-hybridized carbons (Fsp3) is 0.567. The van der Waals surface area contributed by atoms with Gasteiger partial charge in [-0.05, 0) is 72.3 Å². The fourth-order valence-corrected chi connectivity index (χ4v) is 6.77. The van der Waals surface area contributed by atoms with Crippen LogP contribution in [0.4, 0.5) is 33.9 Å². The van der Waals surface area contributed by atoms with Gasteiger partial charge < -0.3 is 24.6 Å². The second-order valence-corrected chi connectivity index (χ2v) is 13.0. The third kappa shape index (κ3) is 4.57. The number of hydrogen-bond acceptors (Lipinski definition) is 10. The van der Waals surface area contributed by atoms with E-state index in [-0.39, 0.29) is 29.2 Å². The van der Waals surface area contributed by atoms with Crippen LogP contribution in [0.5, 0.6) is 0 Å². The number of rotatable bonds is 5. The van der Waals surface area contributed by atoms with E-state index >= 15 is 0 Å². The number of pyridine rings is 1. The van der Waals surface area contributed by atoms with Crippen molar-refractivity contribution in [1.82, 2.24) is 29.6 Å². The number of carbonyl (C=O) groups excluding carboxylic acids is 1. The summed E-state index contributed by atoms with van der Waals surface area (Å²) in [5, 5.41) is 8.03. The molecule has 3 aromatic heterocycles. The van der Waals surface area contributed by atoms with Crippen molar-refractivity contribution >= 4 is 35.2 Å². The number of anilines is 5. The number of fused-ring (bicyclic) bond motifs is 3. The van der Waals surface area contributed by atoms with Gasteiger partial charge in [-0.25, -0.2) is 14.8 Å². The highest BCUT2D eigenvalue weighted by Gasteiger charge is 2.55. The van der Waals surface area contributed by atoms with Crippen molar-refractivity contribution in [3.05, 3.63) is 42.4 Å². The second kappa shape index (κ2) is 9.91. The molecular formula is C30H39N9O3. The predicted molar refractivity (Wildman–Crippen MR) is 159 cm³/mol. The number of carbonyl (C=O) groups is 1. The topological polar surface area (TPSA) is 114 Å². The summed E-state index contributed by atoms with van der Waals surface area (Å²) in [5.74, 6) is 2.59. The summed E-state index contributed by atoms with van der Waals surface area (Å²) in [4.78, 5) is 33.5. The van der Waals surface area contributed by atoms with E-state index in [0.29, 0.717) is 31.0 Å². The molecule has 4 aliphatic rings. The lowest BCUT2D eigenvalue weighted by molar-refractivity contribution is -0.0893. The predicted octanol–water partition coefficient (Wildman–Crippen LogP) is 4.40. The number of hydrogen-bond donors (Lipinski definition) is 1. The maximum atomic E-state index is 12.5. The van der Waals surface area contributed by atoms with Gasteiger partial charge in [0.2, 0.25) is 5.95 Å². The third-order valence-corrected chi connectivity index (χ3v) is 9.33. The molecule has 0 aliphatic carbocycles. The number of likely N-dealkylation sites (tertiary alicyclic amines) is 1. The molecule has 1 N–H and O–H groups in total. The molecule has 7 heterocycles. The number of ether oxygens (including phenoxy) is 2. The molecule has 12 heteroatoms. The first-order valence-electron chi connectivity index (χ1n) is 14.8. The molecule has 42 heavy (non-hydrogen) atoms. The Morgan fingerprint density at radius 2 is 1.81 bits per heavy atom. The van der Waals surface area contributed by atoms with E-state index in [0.717, 1.165) is 55.2 Å². The Morgan fingerprint density at radius 1 is 1.05 bits per heavy atom. The van der Waals surface area contributed by atoms with Crippen molar-refractivity contribution in [2.45, 2.75) is 76.1 Å². The van der Waals surface area contributed by atoms with Gasteiger partial charge in [0, 0.05) is 23.4 Å². The normalized spacial score (nSPS) is 27.6. The van der Waals surface area contributed by atoms with Gasteiger partial charge in [-0.1, -0.05) is 13.0 Å². The Hall–Kier alpha value is -3.77. The summed E-state index contributed by atoms with van der Waals surface area (Å²) in [6.07, 6.45) is 8.38. The highest BCUT2D eigenvalue weighted by atomic mass is 16.6. The summed E-state index contributed by atoms with van der Waals surface area (Å²) in [5.41, 5.74) is 1.23. The Morgan fingerprint density at radius 3 is 2.55 bits per heavy atom. The van der Waals surface area contributed by atoms with Crippen LogP contribution in [-0.4, -0.2) is 86.8 Å². The molecule has 0 spiro atoms. The molecule has 0 aromatic carbocycles. The minimum Gasteiger partial charge on any atom is -0.447 e. The van der Waals surface area contributed by atoms with Crippen LogP contribution in [0.25, 0.3) is 0 Å². The van der Waals surface area contributed by atoms with Crippen molar-refractivity contribution in [3.8, 4) is 0 Å². The van der Waals surface area contributed by atoms with Crippen LogP contribution in [0, 0.1) is 0 Å². The Bertz CT molecular complexity index is 1500. The minimum absolute atomic E-state index is 0.0404. The molecule has 3 fully saturated rings. The molecule has 222 valence electrons. The smallest absolute Gasteiger partial charge is 0.415 e. The third-order valence-electron chi connectivity index (χ3n) is 9.33. The average Bonchev–Trinajstić information content (AvgIpc) is 3.63. The van der Waals surface area contributed by atoms with Gasteiger partial charge >= 0.3 is 6.09 Å². The van der Waals surface area contributed by atoms with Gasteiger partial charge in [0.25, 0.3) is 0 Å². The number of aromatic nitrogens is 5. The van der Waals surface area contributed by atoms with Crippen LogP contribution < -0.4 is 15.1 Å². The first-order valence-corrected chi connectivity index (χ1v) is 14.8. The Labute approximate surface area is 246 Å². The van der Waals surface area contributed by atoms with Crippen molar-refractivity contribution < 1.29 is 14.3 Å². The largest absolute Gasteiger partial charge is 0.447 e. The van der Waals surface area contributed by atoms with E-state index in [1.54, 1.807) is 4.90 Å². The first kappa shape index (κ1) is 27.1. The number of amides is 1. The zero-order chi connectivity index (χ0) is 29.2. The zero-order valence-corrected chi connectivity index (χ0v) is 24.9. The van der Waals surface area contributed by atoms with Gasteiger partial charge in [-0.3, -0.25) is 9.58 Å². The quantitative estimate of drug-likeness (QED) is 0.471. The lowest BCUT2D eigenvalue weighted by Crippen LogP contribution is -2.54. The van der Waals surface area contributed by atoms with E-state index in [9.17, 15) is 4.79 Å². The number of cyclic esters (lactones) is 1. The van der Waals surface area contributed by atoms with Crippen molar-refractivity contribution in [2.24, 2.45) is 0 Å². The van der Waals surface area contributed by atoms with Crippen molar-refractivity contribution in [3.63, 3.8) is 0 Å². The SMILES string of the molecule is C[C@H]1COC(=O)N1c1cccc(N2c3nc(Nc4cnn(C5CCN(C)CC5)c4)ncc3[C@]3(C)COC(C)(C)C[C@H]23)n1. The van der Waals surface area contributed by atoms with Crippen LogP contribution in [0.15, 0.2) is 36.8 Å². The molecule has 4 aliphatic heterocycles. The average molecular weight is 574 g/mol. The molecule has 0 radical (unpaired) electrons. The highest BCUT2D eigenvalue weighted by Crippen LogP contribution is 2.53. The van der Waals surface area contributed by atoms with Gasteiger partial charge in [0.1, 0.15) is 24.1 Å². The summed E-state index contributed by atoms with van der Waals surface area (Å²) in [7, 11) is 2.16. The highest BCUT2D eigenvalue weighted by molar-refractivity contribution is 5.89. The first-order chi connectivity index (χ1) is 20.1. The maximum absolute atomic E-state index is 12.5. The van der Waals surface area contributed by atoms with E-state index in [1.807, 2.05) is 43.7 Å². The maximum Gasteiger partial charge on any atom is 0.415 e. The van der Waals surface area contributed by atoms with Gasteiger partial charge in [-0.2, -0.15) is 10.1 Å². The molecule has 3 atom stereocenters. The zero-order valence-electron chi connectivity index (χ0n) is 24.9. The van der Waals surface area contributed by atoms with Crippen molar-refractivity contribution in [1.29, 1.82) is 0 Å². The Kier molecular flexibility index (Phi) is 6.39. The van der Waals surface area contributed by atoms with Crippen LogP contribution >= 0.6 is 0 Å². The van der Waals surface area contributed by atoms with Crippen LogP contribution in [0.2, 0.25) is 0 Å². The summed E-state index contributed by atoms with van der Waals surface area (Å²) in [6, 6.07) is 6.12. The Balaban J connectivity index is 1.23. The van der Waals surface area contributed by atoms with Gasteiger partial charge in [0.05, 0.1) is 42.2 Å². The number of nitrogens with zero attached hydrogens (tertiary/aromatic N) is 8. The van der Waals surface area contributed by atoms with Crippen LogP contribution in [0.3, 0.4) is 0 Å². The second-order valence-electron chi connectivity index (χ2n) is 13.0. The van der Waals surface area contributed by atoms with E-state index in [4.69, 9.17) is 24.4 Å². The summed E-state index contributed by atoms with van der Waals surface area (Å²) >= 11 is 0. The molecule has 0 saturated carbocycles. The van der Waals surface area contributed by atoms with E-state index in [1.165, 1.54) is 0 Å². The van der Waals surface area contributed by atoms with E-state index < -0.39 is 0 Å². The molecule has 0 bridgehead atoms. The molecule has 12 nitrogen and oxygen atoms in total. The monoisotopic (exact) mass is 573 g/mol. The van der Waals surface area contributed by atoms with Crippen LogP contribution in [-0.2, 0) is 14.9 Å².